The molecular weight excluding hydrogens is 426 g/mol. The molecule has 4 rings (SSSR count). The van der Waals surface area contributed by atoms with Gasteiger partial charge < -0.3 is 20.0 Å². The number of carbonyl (C=O) groups excluding carboxylic acids is 2. The van der Waals surface area contributed by atoms with Gasteiger partial charge in [0, 0.05) is 70.2 Å². The van der Waals surface area contributed by atoms with Crippen LogP contribution in [0.5, 0.6) is 0 Å². The molecule has 0 spiro atoms. The fraction of sp³-hybridized carbons (Fsp3) is 0.481. The molecule has 0 aromatic heterocycles. The second-order valence-corrected chi connectivity index (χ2v) is 9.25. The minimum atomic E-state index is -0.0150. The Balaban J connectivity index is 1.13. The summed E-state index contributed by atoms with van der Waals surface area (Å²) >= 11 is 0. The molecule has 2 aromatic carbocycles. The van der Waals surface area contributed by atoms with Crippen LogP contribution in [0.3, 0.4) is 0 Å². The van der Waals surface area contributed by atoms with Crippen molar-refractivity contribution in [1.82, 2.24) is 20.0 Å². The van der Waals surface area contributed by atoms with E-state index in [4.69, 9.17) is 0 Å². The molecule has 0 bridgehead atoms. The molecule has 2 aliphatic rings. The van der Waals surface area contributed by atoms with E-state index in [1.807, 2.05) is 41.0 Å². The summed E-state index contributed by atoms with van der Waals surface area (Å²) < 4.78 is 0. The van der Waals surface area contributed by atoms with Crippen molar-refractivity contribution in [3.05, 3.63) is 65.7 Å². The molecule has 0 saturated carbocycles. The van der Waals surface area contributed by atoms with Crippen molar-refractivity contribution in [3.8, 4) is 0 Å². The highest BCUT2D eigenvalue weighted by atomic mass is 16.2. The summed E-state index contributed by atoms with van der Waals surface area (Å²) in [6, 6.07) is 18.3. The number of nitrogens with zero attached hydrogens (tertiary/aromatic N) is 4. The van der Waals surface area contributed by atoms with Crippen LogP contribution in [0.1, 0.15) is 28.8 Å². The van der Waals surface area contributed by atoms with Gasteiger partial charge in [-0.05, 0) is 50.6 Å². The third-order valence-electron chi connectivity index (χ3n) is 6.76. The van der Waals surface area contributed by atoms with Crippen LogP contribution >= 0.6 is 0 Å². The molecule has 7 nitrogen and oxygen atoms in total. The lowest BCUT2D eigenvalue weighted by atomic mass is 10.1. The van der Waals surface area contributed by atoms with Crippen LogP contribution in [0.15, 0.2) is 54.6 Å². The number of benzene rings is 2. The summed E-state index contributed by atoms with van der Waals surface area (Å²) in [5, 5.41) is 3.08. The topological polar surface area (TPSA) is 59.1 Å². The van der Waals surface area contributed by atoms with E-state index in [9.17, 15) is 9.59 Å². The van der Waals surface area contributed by atoms with Crippen LogP contribution in [0, 0.1) is 6.92 Å². The second kappa shape index (κ2) is 11.9. The molecule has 0 unspecified atom stereocenters. The Bertz CT molecular complexity index is 943. The van der Waals surface area contributed by atoms with Crippen LogP contribution in [-0.4, -0.2) is 92.1 Å². The first-order chi connectivity index (χ1) is 16.6. The SMILES string of the molecule is Cc1cccc(C(=O)N2CCCN(C(=O)NCCCN3CCN(c4ccccc4)CC3)CC2)c1. The van der Waals surface area contributed by atoms with Gasteiger partial charge >= 0.3 is 6.03 Å². The van der Waals surface area contributed by atoms with Crippen molar-refractivity contribution >= 4 is 17.6 Å². The van der Waals surface area contributed by atoms with Crippen molar-refractivity contribution in [3.63, 3.8) is 0 Å². The Kier molecular flexibility index (Phi) is 8.41. The van der Waals surface area contributed by atoms with E-state index in [1.54, 1.807) is 0 Å². The van der Waals surface area contributed by atoms with Gasteiger partial charge in [-0.1, -0.05) is 35.9 Å². The zero-order valence-electron chi connectivity index (χ0n) is 20.3. The highest BCUT2D eigenvalue weighted by Gasteiger charge is 2.23. The Hall–Kier alpha value is -3.06. The normalized spacial score (nSPS) is 17.4. The van der Waals surface area contributed by atoms with Gasteiger partial charge in [-0.15, -0.1) is 0 Å². The Morgan fingerprint density at radius 2 is 1.56 bits per heavy atom. The minimum Gasteiger partial charge on any atom is -0.369 e. The van der Waals surface area contributed by atoms with Crippen LogP contribution in [-0.2, 0) is 0 Å². The van der Waals surface area contributed by atoms with Crippen LogP contribution in [0.2, 0.25) is 0 Å². The lowest BCUT2D eigenvalue weighted by Gasteiger charge is -2.36. The number of anilines is 1. The molecule has 0 aliphatic carbocycles. The molecule has 1 N–H and O–H groups in total. The molecule has 2 saturated heterocycles. The Labute approximate surface area is 203 Å². The molecule has 0 atom stereocenters. The Morgan fingerprint density at radius 3 is 2.32 bits per heavy atom. The van der Waals surface area contributed by atoms with Crippen molar-refractivity contribution in [1.29, 1.82) is 0 Å². The quantitative estimate of drug-likeness (QED) is 0.669. The van der Waals surface area contributed by atoms with Crippen molar-refractivity contribution in [2.75, 3.05) is 70.3 Å². The molecule has 2 fully saturated rings. The summed E-state index contributed by atoms with van der Waals surface area (Å²) in [4.78, 5) is 34.2. The van der Waals surface area contributed by atoms with Crippen molar-refractivity contribution in [2.45, 2.75) is 19.8 Å². The summed E-state index contributed by atoms with van der Waals surface area (Å²) in [6.07, 6.45) is 1.75. The monoisotopic (exact) mass is 463 g/mol. The maximum absolute atomic E-state index is 12.8. The van der Waals surface area contributed by atoms with Gasteiger partial charge in [-0.25, -0.2) is 4.79 Å². The molecule has 2 aromatic rings. The number of hydrogen-bond donors (Lipinski definition) is 1. The number of aryl methyl sites for hydroxylation is 1. The molecule has 2 aliphatic heterocycles. The van der Waals surface area contributed by atoms with Crippen LogP contribution in [0.4, 0.5) is 10.5 Å². The van der Waals surface area contributed by atoms with E-state index in [0.29, 0.717) is 32.7 Å². The average Bonchev–Trinajstić information content (AvgIpc) is 3.13. The number of rotatable bonds is 6. The highest BCUT2D eigenvalue weighted by molar-refractivity contribution is 5.94. The maximum atomic E-state index is 12.8. The van der Waals surface area contributed by atoms with Gasteiger partial charge in [0.1, 0.15) is 0 Å². The van der Waals surface area contributed by atoms with Gasteiger partial charge in [0.25, 0.3) is 5.91 Å². The molecule has 3 amide bonds. The number of hydrogen-bond acceptors (Lipinski definition) is 4. The third kappa shape index (κ3) is 6.50. The summed E-state index contributed by atoms with van der Waals surface area (Å²) in [5.74, 6) is 0.0540. The second-order valence-electron chi connectivity index (χ2n) is 9.25. The molecule has 2 heterocycles. The van der Waals surface area contributed by atoms with Crippen molar-refractivity contribution < 1.29 is 9.59 Å². The lowest BCUT2D eigenvalue weighted by molar-refractivity contribution is 0.0762. The standard InChI is InChI=1S/C27H37N5O2/c1-23-8-5-9-24(22-23)26(33)31-14-7-15-32(21-20-31)27(34)28-12-6-13-29-16-18-30(19-17-29)25-10-3-2-4-11-25/h2-5,8-11,22H,6-7,12-21H2,1H3,(H,28,34). The zero-order chi connectivity index (χ0) is 23.8. The zero-order valence-corrected chi connectivity index (χ0v) is 20.3. The summed E-state index contributed by atoms with van der Waals surface area (Å²) in [5.41, 5.74) is 3.10. The number of amides is 3. The molecule has 34 heavy (non-hydrogen) atoms. The van der Waals surface area contributed by atoms with E-state index in [-0.39, 0.29) is 11.9 Å². The highest BCUT2D eigenvalue weighted by Crippen LogP contribution is 2.15. The van der Waals surface area contributed by atoms with Gasteiger partial charge in [0.15, 0.2) is 0 Å². The fourth-order valence-corrected chi connectivity index (χ4v) is 4.76. The van der Waals surface area contributed by atoms with E-state index in [0.717, 1.165) is 56.7 Å². The van der Waals surface area contributed by atoms with Gasteiger partial charge in [-0.3, -0.25) is 9.69 Å². The number of nitrogens with one attached hydrogen (secondary N) is 1. The first-order valence-corrected chi connectivity index (χ1v) is 12.5. The lowest BCUT2D eigenvalue weighted by Crippen LogP contribution is -2.47. The summed E-state index contributed by atoms with van der Waals surface area (Å²) in [6.45, 7) is 10.4. The summed E-state index contributed by atoms with van der Waals surface area (Å²) in [7, 11) is 0. The number of piperazine rings is 1. The molecule has 0 radical (unpaired) electrons. The van der Waals surface area contributed by atoms with Gasteiger partial charge in [-0.2, -0.15) is 0 Å². The average molecular weight is 464 g/mol. The Morgan fingerprint density at radius 1 is 0.824 bits per heavy atom. The minimum absolute atomic E-state index is 0.0150. The predicted octanol–water partition coefficient (Wildman–Crippen LogP) is 3.06. The number of carbonyl (C=O) groups is 2. The third-order valence-corrected chi connectivity index (χ3v) is 6.76. The van der Waals surface area contributed by atoms with Crippen LogP contribution < -0.4 is 10.2 Å². The molecule has 182 valence electrons. The first kappa shape index (κ1) is 24.1. The van der Waals surface area contributed by atoms with Crippen molar-refractivity contribution in [2.24, 2.45) is 0 Å². The maximum Gasteiger partial charge on any atom is 0.317 e. The smallest absolute Gasteiger partial charge is 0.317 e. The predicted molar refractivity (Wildman–Crippen MR) is 136 cm³/mol. The first-order valence-electron chi connectivity index (χ1n) is 12.5. The van der Waals surface area contributed by atoms with Crippen LogP contribution in [0.25, 0.3) is 0 Å². The number of para-hydroxylation sites is 1. The van der Waals surface area contributed by atoms with Gasteiger partial charge in [0.05, 0.1) is 0 Å². The van der Waals surface area contributed by atoms with E-state index in [1.165, 1.54) is 5.69 Å². The van der Waals surface area contributed by atoms with E-state index < -0.39 is 0 Å². The van der Waals surface area contributed by atoms with E-state index >= 15 is 0 Å². The van der Waals surface area contributed by atoms with Gasteiger partial charge in [0.2, 0.25) is 0 Å². The number of urea groups is 1. The van der Waals surface area contributed by atoms with E-state index in [2.05, 4.69) is 45.4 Å². The molecule has 7 heteroatoms. The largest absolute Gasteiger partial charge is 0.369 e. The molecular formula is C27H37N5O2. The fourth-order valence-electron chi connectivity index (χ4n) is 4.76.